The molecule has 4 nitrogen and oxygen atoms in total. The van der Waals surface area contributed by atoms with Crippen molar-refractivity contribution >= 4 is 29.1 Å². The van der Waals surface area contributed by atoms with Crippen molar-refractivity contribution in [2.24, 2.45) is 0 Å². The van der Waals surface area contributed by atoms with E-state index < -0.39 is 0 Å². The number of hydrogen-bond acceptors (Lipinski definition) is 3. The highest BCUT2D eigenvalue weighted by atomic mass is 35.5. The van der Waals surface area contributed by atoms with Gasteiger partial charge in [-0.1, -0.05) is 29.3 Å². The molecule has 1 fully saturated rings. The fourth-order valence-electron chi connectivity index (χ4n) is 2.24. The van der Waals surface area contributed by atoms with Crippen molar-refractivity contribution < 1.29 is 13.9 Å². The molecule has 2 aromatic rings. The molecular weight excluding hydrogens is 313 g/mol. The van der Waals surface area contributed by atoms with Crippen LogP contribution in [0.1, 0.15) is 10.6 Å². The van der Waals surface area contributed by atoms with Crippen LogP contribution in [0.3, 0.4) is 0 Å². The summed E-state index contributed by atoms with van der Waals surface area (Å²) in [7, 11) is 0. The van der Waals surface area contributed by atoms with Crippen LogP contribution in [0.15, 0.2) is 34.7 Å². The van der Waals surface area contributed by atoms with E-state index in [-0.39, 0.29) is 11.7 Å². The van der Waals surface area contributed by atoms with Crippen LogP contribution in [0.25, 0.3) is 11.3 Å². The maximum atomic E-state index is 12.3. The number of amides is 1. The van der Waals surface area contributed by atoms with Crippen LogP contribution in [0.5, 0.6) is 0 Å². The zero-order valence-electron chi connectivity index (χ0n) is 11.1. The topological polar surface area (TPSA) is 42.7 Å². The number of nitrogens with zero attached hydrogens (tertiary/aromatic N) is 1. The lowest BCUT2D eigenvalue weighted by molar-refractivity contribution is 0.0283. The summed E-state index contributed by atoms with van der Waals surface area (Å²) in [5, 5.41) is 0.976. The SMILES string of the molecule is O=C(c1ccc(-c2c(Cl)cccc2Cl)o1)N1CCOCC1. The van der Waals surface area contributed by atoms with Crippen LogP contribution in [0.2, 0.25) is 10.0 Å². The van der Waals surface area contributed by atoms with Crippen LogP contribution < -0.4 is 0 Å². The Labute approximate surface area is 132 Å². The van der Waals surface area contributed by atoms with E-state index in [1.54, 1.807) is 35.2 Å². The van der Waals surface area contributed by atoms with Gasteiger partial charge in [-0.15, -0.1) is 0 Å². The number of morpholine rings is 1. The molecule has 21 heavy (non-hydrogen) atoms. The number of rotatable bonds is 2. The minimum atomic E-state index is -0.146. The van der Waals surface area contributed by atoms with Crippen molar-refractivity contribution in [3.05, 3.63) is 46.1 Å². The predicted molar refractivity (Wildman–Crippen MR) is 80.9 cm³/mol. The van der Waals surface area contributed by atoms with E-state index >= 15 is 0 Å². The zero-order valence-corrected chi connectivity index (χ0v) is 12.7. The molecule has 1 amide bonds. The summed E-state index contributed by atoms with van der Waals surface area (Å²) in [4.78, 5) is 14.0. The standard InChI is InChI=1S/C15H13Cl2NO3/c16-10-2-1-3-11(17)14(10)12-4-5-13(21-12)15(19)18-6-8-20-9-7-18/h1-5H,6-9H2. The van der Waals surface area contributed by atoms with Crippen molar-refractivity contribution in [3.63, 3.8) is 0 Å². The van der Waals surface area contributed by atoms with Gasteiger partial charge in [-0.05, 0) is 24.3 Å². The fraction of sp³-hybridized carbons (Fsp3) is 0.267. The third-order valence-corrected chi connectivity index (χ3v) is 3.95. The summed E-state index contributed by atoms with van der Waals surface area (Å²) >= 11 is 12.3. The van der Waals surface area contributed by atoms with Crippen molar-refractivity contribution in [1.82, 2.24) is 4.90 Å². The van der Waals surface area contributed by atoms with Crippen LogP contribution in [0.4, 0.5) is 0 Å². The highest BCUT2D eigenvalue weighted by Crippen LogP contribution is 2.35. The number of carbonyl (C=O) groups is 1. The first-order valence-electron chi connectivity index (χ1n) is 6.58. The summed E-state index contributed by atoms with van der Waals surface area (Å²) in [6, 6.07) is 8.58. The number of carbonyl (C=O) groups excluding carboxylic acids is 1. The van der Waals surface area contributed by atoms with Crippen molar-refractivity contribution in [2.75, 3.05) is 26.3 Å². The molecule has 110 valence electrons. The minimum Gasteiger partial charge on any atom is -0.451 e. The lowest BCUT2D eigenvalue weighted by Gasteiger charge is -2.25. The van der Waals surface area contributed by atoms with Gasteiger partial charge in [0.1, 0.15) is 5.76 Å². The first-order chi connectivity index (χ1) is 10.2. The molecule has 0 radical (unpaired) electrons. The normalized spacial score (nSPS) is 15.2. The Hall–Kier alpha value is -1.49. The van der Waals surface area contributed by atoms with Crippen molar-refractivity contribution in [2.45, 2.75) is 0 Å². The number of ether oxygens (including phenoxy) is 1. The van der Waals surface area contributed by atoms with Crippen LogP contribution in [0, 0.1) is 0 Å². The Morgan fingerprint density at radius 3 is 2.38 bits per heavy atom. The average molecular weight is 326 g/mol. The van der Waals surface area contributed by atoms with E-state index in [1.165, 1.54) is 0 Å². The van der Waals surface area contributed by atoms with E-state index in [9.17, 15) is 4.79 Å². The second-order valence-corrected chi connectivity index (χ2v) is 5.48. The molecule has 1 aromatic heterocycles. The quantitative estimate of drug-likeness (QED) is 0.845. The van der Waals surface area contributed by atoms with Gasteiger partial charge in [0.2, 0.25) is 0 Å². The van der Waals surface area contributed by atoms with Gasteiger partial charge < -0.3 is 14.1 Å². The van der Waals surface area contributed by atoms with E-state index in [0.717, 1.165) is 0 Å². The summed E-state index contributed by atoms with van der Waals surface area (Å²) in [5.74, 6) is 0.623. The van der Waals surface area contributed by atoms with E-state index in [4.69, 9.17) is 32.4 Å². The van der Waals surface area contributed by atoms with Gasteiger partial charge in [0.05, 0.1) is 28.8 Å². The highest BCUT2D eigenvalue weighted by Gasteiger charge is 2.22. The average Bonchev–Trinajstić information content (AvgIpc) is 2.97. The zero-order chi connectivity index (χ0) is 14.8. The van der Waals surface area contributed by atoms with Crippen molar-refractivity contribution in [1.29, 1.82) is 0 Å². The summed E-state index contributed by atoms with van der Waals surface area (Å²) in [6.07, 6.45) is 0. The lowest BCUT2D eigenvalue weighted by Crippen LogP contribution is -2.40. The number of furan rings is 1. The van der Waals surface area contributed by atoms with Gasteiger partial charge in [0, 0.05) is 13.1 Å². The lowest BCUT2D eigenvalue weighted by atomic mass is 10.2. The molecule has 0 unspecified atom stereocenters. The maximum absolute atomic E-state index is 12.3. The summed E-state index contributed by atoms with van der Waals surface area (Å²) < 4.78 is 10.9. The Morgan fingerprint density at radius 1 is 1.05 bits per heavy atom. The molecule has 0 N–H and O–H groups in total. The molecule has 0 spiro atoms. The summed E-state index contributed by atoms with van der Waals surface area (Å²) in [6.45, 7) is 2.24. The maximum Gasteiger partial charge on any atom is 0.289 e. The first kappa shape index (κ1) is 14.4. The number of benzene rings is 1. The molecule has 0 aliphatic carbocycles. The van der Waals surface area contributed by atoms with Gasteiger partial charge in [-0.25, -0.2) is 0 Å². The molecule has 1 aliphatic heterocycles. The Balaban J connectivity index is 1.88. The fourth-order valence-corrected chi connectivity index (χ4v) is 2.83. The molecular formula is C15H13Cl2NO3. The van der Waals surface area contributed by atoms with Crippen LogP contribution in [-0.4, -0.2) is 37.1 Å². The molecule has 0 saturated carbocycles. The van der Waals surface area contributed by atoms with E-state index in [1.807, 2.05) is 0 Å². The summed E-state index contributed by atoms with van der Waals surface area (Å²) in [5.41, 5.74) is 0.599. The van der Waals surface area contributed by atoms with E-state index in [0.29, 0.717) is 47.7 Å². The van der Waals surface area contributed by atoms with Crippen LogP contribution >= 0.6 is 23.2 Å². The third-order valence-electron chi connectivity index (χ3n) is 3.32. The molecule has 1 aromatic carbocycles. The predicted octanol–water partition coefficient (Wildman–Crippen LogP) is 3.73. The van der Waals surface area contributed by atoms with Gasteiger partial charge in [0.25, 0.3) is 5.91 Å². The Kier molecular flexibility index (Phi) is 4.19. The van der Waals surface area contributed by atoms with Gasteiger partial charge in [0.15, 0.2) is 5.76 Å². The molecule has 1 aliphatic rings. The van der Waals surface area contributed by atoms with Crippen molar-refractivity contribution in [3.8, 4) is 11.3 Å². The highest BCUT2D eigenvalue weighted by molar-refractivity contribution is 6.39. The number of hydrogen-bond donors (Lipinski definition) is 0. The largest absolute Gasteiger partial charge is 0.451 e. The minimum absolute atomic E-state index is 0.146. The molecule has 1 saturated heterocycles. The van der Waals surface area contributed by atoms with E-state index in [2.05, 4.69) is 0 Å². The molecule has 2 heterocycles. The second-order valence-electron chi connectivity index (χ2n) is 4.67. The monoisotopic (exact) mass is 325 g/mol. The molecule has 3 rings (SSSR count). The second kappa shape index (κ2) is 6.10. The number of halogens is 2. The Morgan fingerprint density at radius 2 is 1.71 bits per heavy atom. The molecule has 6 heteroatoms. The van der Waals surface area contributed by atoms with Crippen LogP contribution in [-0.2, 0) is 4.74 Å². The molecule has 0 atom stereocenters. The third kappa shape index (κ3) is 2.93. The van der Waals surface area contributed by atoms with Gasteiger partial charge >= 0.3 is 0 Å². The van der Waals surface area contributed by atoms with Gasteiger partial charge in [-0.3, -0.25) is 4.79 Å². The first-order valence-corrected chi connectivity index (χ1v) is 7.33. The van der Waals surface area contributed by atoms with Gasteiger partial charge in [-0.2, -0.15) is 0 Å². The smallest absolute Gasteiger partial charge is 0.289 e. The Bertz CT molecular complexity index is 642. The molecule has 0 bridgehead atoms.